The Balaban J connectivity index is 1.87. The first-order valence-corrected chi connectivity index (χ1v) is 6.69. The summed E-state index contributed by atoms with van der Waals surface area (Å²) in [4.78, 5) is 4.48. The highest BCUT2D eigenvalue weighted by atomic mass is 35.5. The van der Waals surface area contributed by atoms with Crippen molar-refractivity contribution in [3.05, 3.63) is 35.2 Å². The Kier molecular flexibility index (Phi) is 3.50. The first kappa shape index (κ1) is 12.6. The summed E-state index contributed by atoms with van der Waals surface area (Å²) >= 11 is 5.97. The number of hydrogen-bond donors (Lipinski definition) is 1. The van der Waals surface area contributed by atoms with Gasteiger partial charge in [0.15, 0.2) is 0 Å². The smallest absolute Gasteiger partial charge is 0.245 e. The number of hydrazine groups is 1. The lowest BCUT2D eigenvalue weighted by atomic mass is 10.2. The molecule has 1 saturated heterocycles. The lowest BCUT2D eigenvalue weighted by molar-refractivity contribution is 0.157. The van der Waals surface area contributed by atoms with Crippen LogP contribution in [0.5, 0.6) is 0 Å². The largest absolute Gasteiger partial charge is 0.337 e. The van der Waals surface area contributed by atoms with Crippen molar-refractivity contribution >= 4 is 11.6 Å². The molecule has 100 valence electrons. The molecule has 1 fully saturated rings. The molecule has 1 aliphatic rings. The van der Waals surface area contributed by atoms with E-state index in [4.69, 9.17) is 16.1 Å². The third-order valence-electron chi connectivity index (χ3n) is 3.35. The summed E-state index contributed by atoms with van der Waals surface area (Å²) in [6, 6.07) is 7.62. The Morgan fingerprint density at radius 2 is 2.37 bits per heavy atom. The van der Waals surface area contributed by atoms with Crippen LogP contribution in [-0.4, -0.2) is 28.7 Å². The lowest BCUT2D eigenvalue weighted by Gasteiger charge is -2.19. The predicted molar refractivity (Wildman–Crippen MR) is 72.5 cm³/mol. The van der Waals surface area contributed by atoms with Crippen LogP contribution in [0, 0.1) is 0 Å². The summed E-state index contributed by atoms with van der Waals surface area (Å²) in [7, 11) is 1.91. The molecule has 1 atom stereocenters. The Bertz CT molecular complexity index is 571. The van der Waals surface area contributed by atoms with Gasteiger partial charge in [-0.3, -0.25) is 5.43 Å². The van der Waals surface area contributed by atoms with Crippen LogP contribution in [0.3, 0.4) is 0 Å². The van der Waals surface area contributed by atoms with Gasteiger partial charge in [-0.25, -0.2) is 5.01 Å². The molecule has 0 spiro atoms. The molecule has 0 radical (unpaired) electrons. The van der Waals surface area contributed by atoms with Crippen LogP contribution in [-0.2, 0) is 0 Å². The van der Waals surface area contributed by atoms with Gasteiger partial charge in [0.05, 0.1) is 0 Å². The number of benzene rings is 1. The minimum atomic E-state index is 0.158. The molecule has 3 rings (SSSR count). The normalized spacial score (nSPS) is 20.0. The summed E-state index contributed by atoms with van der Waals surface area (Å²) in [6.07, 6.45) is 2.15. The van der Waals surface area contributed by atoms with E-state index < -0.39 is 0 Å². The van der Waals surface area contributed by atoms with Gasteiger partial charge in [-0.2, -0.15) is 4.98 Å². The van der Waals surface area contributed by atoms with Crippen molar-refractivity contribution in [3.63, 3.8) is 0 Å². The van der Waals surface area contributed by atoms with Gasteiger partial charge in [-0.1, -0.05) is 28.9 Å². The van der Waals surface area contributed by atoms with Crippen LogP contribution in [0.2, 0.25) is 5.02 Å². The summed E-state index contributed by atoms with van der Waals surface area (Å²) in [5.41, 5.74) is 4.03. The van der Waals surface area contributed by atoms with E-state index in [1.165, 1.54) is 0 Å². The summed E-state index contributed by atoms with van der Waals surface area (Å²) < 4.78 is 5.39. The molecule has 5 nitrogen and oxygen atoms in total. The standard InChI is InChI=1S/C13H15ClN4O/c1-15-18-7-3-6-11(18)13-16-12(17-19-13)9-4-2-5-10(14)8-9/h2,4-5,8,11,15H,3,6-7H2,1H3/t11-/m0/s1. The molecular formula is C13H15ClN4O. The Hall–Kier alpha value is -1.43. The van der Waals surface area contributed by atoms with E-state index >= 15 is 0 Å². The minimum absolute atomic E-state index is 0.158. The molecule has 0 bridgehead atoms. The third kappa shape index (κ3) is 2.49. The zero-order valence-corrected chi connectivity index (χ0v) is 11.4. The highest BCUT2D eigenvalue weighted by Gasteiger charge is 2.30. The molecule has 0 amide bonds. The van der Waals surface area contributed by atoms with Gasteiger partial charge in [-0.15, -0.1) is 0 Å². The number of halogens is 1. The fraction of sp³-hybridized carbons (Fsp3) is 0.385. The van der Waals surface area contributed by atoms with Crippen molar-refractivity contribution in [1.29, 1.82) is 0 Å². The molecule has 19 heavy (non-hydrogen) atoms. The molecular weight excluding hydrogens is 264 g/mol. The van der Waals surface area contributed by atoms with Crippen LogP contribution in [0.4, 0.5) is 0 Å². The van der Waals surface area contributed by atoms with Gasteiger partial charge < -0.3 is 4.52 Å². The molecule has 2 aromatic rings. The number of nitrogens with zero attached hydrogens (tertiary/aromatic N) is 3. The van der Waals surface area contributed by atoms with Gasteiger partial charge in [-0.05, 0) is 32.0 Å². The van der Waals surface area contributed by atoms with Crippen molar-refractivity contribution < 1.29 is 4.52 Å². The van der Waals surface area contributed by atoms with Crippen molar-refractivity contribution in [2.45, 2.75) is 18.9 Å². The first-order valence-electron chi connectivity index (χ1n) is 6.31. The lowest BCUT2D eigenvalue weighted by Crippen LogP contribution is -2.34. The maximum Gasteiger partial charge on any atom is 0.245 e. The molecule has 6 heteroatoms. The topological polar surface area (TPSA) is 54.2 Å². The van der Waals surface area contributed by atoms with Crippen LogP contribution in [0.1, 0.15) is 24.8 Å². The monoisotopic (exact) mass is 278 g/mol. The Morgan fingerprint density at radius 1 is 1.47 bits per heavy atom. The molecule has 1 aromatic carbocycles. The fourth-order valence-corrected chi connectivity index (χ4v) is 2.60. The second-order valence-electron chi connectivity index (χ2n) is 4.54. The molecule has 0 unspecified atom stereocenters. The molecule has 2 heterocycles. The zero-order chi connectivity index (χ0) is 13.2. The summed E-state index contributed by atoms with van der Waals surface area (Å²) in [5, 5.41) is 6.83. The Labute approximate surface area is 116 Å². The molecule has 1 N–H and O–H groups in total. The van der Waals surface area contributed by atoms with E-state index in [0.717, 1.165) is 24.9 Å². The molecule has 1 aliphatic heterocycles. The zero-order valence-electron chi connectivity index (χ0n) is 10.6. The highest BCUT2D eigenvalue weighted by molar-refractivity contribution is 6.30. The first-order chi connectivity index (χ1) is 9.28. The van der Waals surface area contributed by atoms with Crippen molar-refractivity contribution in [3.8, 4) is 11.4 Å². The molecule has 0 saturated carbocycles. The number of rotatable bonds is 3. The van der Waals surface area contributed by atoms with Crippen LogP contribution < -0.4 is 5.43 Å². The number of aromatic nitrogens is 2. The van der Waals surface area contributed by atoms with E-state index in [-0.39, 0.29) is 6.04 Å². The second kappa shape index (κ2) is 5.28. The van der Waals surface area contributed by atoms with Crippen LogP contribution in [0.15, 0.2) is 28.8 Å². The second-order valence-corrected chi connectivity index (χ2v) is 4.98. The van der Waals surface area contributed by atoms with Gasteiger partial charge in [0.2, 0.25) is 11.7 Å². The maximum atomic E-state index is 5.97. The molecule has 1 aromatic heterocycles. The highest BCUT2D eigenvalue weighted by Crippen LogP contribution is 2.30. The Morgan fingerprint density at radius 3 is 3.16 bits per heavy atom. The van der Waals surface area contributed by atoms with Gasteiger partial charge in [0.25, 0.3) is 0 Å². The van der Waals surface area contributed by atoms with Crippen LogP contribution >= 0.6 is 11.6 Å². The average Bonchev–Trinajstić information content (AvgIpc) is 3.07. The van der Waals surface area contributed by atoms with E-state index in [0.29, 0.717) is 16.7 Å². The average molecular weight is 279 g/mol. The predicted octanol–water partition coefficient (Wildman–Crippen LogP) is 2.66. The van der Waals surface area contributed by atoms with E-state index in [1.54, 1.807) is 0 Å². The third-order valence-corrected chi connectivity index (χ3v) is 3.58. The number of hydrogen-bond acceptors (Lipinski definition) is 5. The van der Waals surface area contributed by atoms with Crippen molar-refractivity contribution in [2.24, 2.45) is 0 Å². The summed E-state index contributed by atoms with van der Waals surface area (Å²) in [5.74, 6) is 1.24. The fourth-order valence-electron chi connectivity index (χ4n) is 2.41. The van der Waals surface area contributed by atoms with Gasteiger partial charge in [0.1, 0.15) is 6.04 Å². The van der Waals surface area contributed by atoms with Gasteiger partial charge >= 0.3 is 0 Å². The quantitative estimate of drug-likeness (QED) is 0.935. The minimum Gasteiger partial charge on any atom is -0.337 e. The van der Waals surface area contributed by atoms with E-state index in [1.807, 2.05) is 31.3 Å². The van der Waals surface area contributed by atoms with Crippen molar-refractivity contribution in [2.75, 3.05) is 13.6 Å². The SMILES string of the molecule is CNN1CCC[C@H]1c1nc(-c2cccc(Cl)c2)no1. The maximum absolute atomic E-state index is 5.97. The van der Waals surface area contributed by atoms with Crippen LogP contribution in [0.25, 0.3) is 11.4 Å². The number of nitrogens with one attached hydrogen (secondary N) is 1. The van der Waals surface area contributed by atoms with E-state index in [9.17, 15) is 0 Å². The molecule has 0 aliphatic carbocycles. The van der Waals surface area contributed by atoms with Gasteiger partial charge in [0, 0.05) is 17.1 Å². The van der Waals surface area contributed by atoms with Crippen molar-refractivity contribution in [1.82, 2.24) is 20.6 Å². The summed E-state index contributed by atoms with van der Waals surface area (Å²) in [6.45, 7) is 0.996. The van der Waals surface area contributed by atoms with E-state index in [2.05, 4.69) is 20.6 Å².